The van der Waals surface area contributed by atoms with Crippen LogP contribution in [0.3, 0.4) is 0 Å². The van der Waals surface area contributed by atoms with Crippen LogP contribution in [-0.4, -0.2) is 25.2 Å². The zero-order chi connectivity index (χ0) is 23.2. The van der Waals surface area contributed by atoms with Crippen molar-refractivity contribution in [3.8, 4) is 0 Å². The van der Waals surface area contributed by atoms with E-state index in [0.717, 1.165) is 17.0 Å². The highest BCUT2D eigenvalue weighted by molar-refractivity contribution is 7.89. The number of aryl methyl sites for hydroxylation is 1. The summed E-state index contributed by atoms with van der Waals surface area (Å²) in [6.07, 6.45) is 0. The van der Waals surface area contributed by atoms with Gasteiger partial charge >= 0.3 is 0 Å². The topological polar surface area (TPSA) is 131 Å². The number of rotatable bonds is 4. The predicted octanol–water partition coefficient (Wildman–Crippen LogP) is 3.00. The molecule has 164 valence electrons. The second-order valence-electron chi connectivity index (χ2n) is 7.16. The molecule has 1 saturated heterocycles. The normalized spacial score (nSPS) is 18.3. The molecule has 32 heavy (non-hydrogen) atoms. The summed E-state index contributed by atoms with van der Waals surface area (Å²) in [4.78, 5) is 26.8. The molecule has 1 unspecified atom stereocenters. The minimum absolute atomic E-state index is 0.141. The van der Waals surface area contributed by atoms with Gasteiger partial charge in [-0.25, -0.2) is 17.9 Å². The number of hydrogen-bond donors (Lipinski definition) is 2. The van der Waals surface area contributed by atoms with Gasteiger partial charge in [-0.1, -0.05) is 0 Å². The van der Waals surface area contributed by atoms with Crippen molar-refractivity contribution in [1.29, 1.82) is 0 Å². The minimum atomic E-state index is -3.96. The van der Waals surface area contributed by atoms with Gasteiger partial charge in [0.2, 0.25) is 10.0 Å². The molecule has 1 fully saturated rings. The Bertz CT molecular complexity index is 1360. The summed E-state index contributed by atoms with van der Waals surface area (Å²) in [7, 11) is -3.96. The number of halogens is 1. The number of sulfonamides is 1. The van der Waals surface area contributed by atoms with Crippen molar-refractivity contribution >= 4 is 33.2 Å². The lowest BCUT2D eigenvalue weighted by Crippen LogP contribution is -2.29. The second kappa shape index (κ2) is 7.74. The number of nitrogens with two attached hydrogens (primary N) is 1. The van der Waals surface area contributed by atoms with Crippen molar-refractivity contribution in [2.24, 2.45) is 5.14 Å². The van der Waals surface area contributed by atoms with Crippen LogP contribution in [0, 0.1) is 12.7 Å². The third-order valence-electron chi connectivity index (χ3n) is 5.04. The number of carbonyl (C=O) groups excluding carboxylic acids is 2. The van der Waals surface area contributed by atoms with E-state index in [-0.39, 0.29) is 27.5 Å². The summed E-state index contributed by atoms with van der Waals surface area (Å²) >= 11 is 0. The predicted molar refractivity (Wildman–Crippen MR) is 112 cm³/mol. The van der Waals surface area contributed by atoms with E-state index >= 15 is 0 Å². The lowest BCUT2D eigenvalue weighted by molar-refractivity contribution is -0.132. The molecule has 4 rings (SSSR count). The third kappa shape index (κ3) is 3.70. The van der Waals surface area contributed by atoms with Gasteiger partial charge in [0.15, 0.2) is 0 Å². The van der Waals surface area contributed by atoms with E-state index in [2.05, 4.69) is 0 Å². The van der Waals surface area contributed by atoms with E-state index in [1.807, 2.05) is 0 Å². The van der Waals surface area contributed by atoms with Crippen LogP contribution in [0.1, 0.15) is 23.1 Å². The fourth-order valence-corrected chi connectivity index (χ4v) is 4.04. The monoisotopic (exact) mass is 456 g/mol. The first-order chi connectivity index (χ1) is 15.1. The quantitative estimate of drug-likeness (QED) is 0.353. The highest BCUT2D eigenvalue weighted by Gasteiger charge is 2.48. The molecule has 0 aliphatic carbocycles. The first-order valence-corrected chi connectivity index (χ1v) is 10.9. The Balaban J connectivity index is 1.90. The van der Waals surface area contributed by atoms with E-state index in [1.54, 1.807) is 19.1 Å². The minimum Gasteiger partial charge on any atom is -0.507 e. The molecule has 1 aliphatic rings. The number of amides is 1. The number of Topliss-reactive ketones (excluding diaryl/α,β-unsaturated/α-hetero) is 1. The summed E-state index contributed by atoms with van der Waals surface area (Å²) < 4.78 is 42.1. The average molecular weight is 456 g/mol. The Kier molecular flexibility index (Phi) is 5.19. The van der Waals surface area contributed by atoms with Gasteiger partial charge in [0.25, 0.3) is 11.7 Å². The molecule has 1 aliphatic heterocycles. The summed E-state index contributed by atoms with van der Waals surface area (Å²) in [5, 5.41) is 16.0. The molecule has 1 amide bonds. The first kappa shape index (κ1) is 21.5. The molecule has 8 nitrogen and oxygen atoms in total. The van der Waals surface area contributed by atoms with Crippen LogP contribution in [0.2, 0.25) is 0 Å². The molecular weight excluding hydrogens is 439 g/mol. The molecule has 3 aromatic rings. The Morgan fingerprint density at radius 2 is 1.66 bits per heavy atom. The van der Waals surface area contributed by atoms with Crippen LogP contribution >= 0.6 is 0 Å². The van der Waals surface area contributed by atoms with E-state index in [9.17, 15) is 27.5 Å². The van der Waals surface area contributed by atoms with Gasteiger partial charge in [-0.15, -0.1) is 0 Å². The summed E-state index contributed by atoms with van der Waals surface area (Å²) in [6.45, 7) is 1.68. The van der Waals surface area contributed by atoms with Crippen LogP contribution in [-0.2, 0) is 19.6 Å². The van der Waals surface area contributed by atoms with Crippen LogP contribution in [0.25, 0.3) is 5.76 Å². The largest absolute Gasteiger partial charge is 0.507 e. The van der Waals surface area contributed by atoms with Crippen molar-refractivity contribution in [2.45, 2.75) is 17.9 Å². The molecule has 0 saturated carbocycles. The molecule has 3 N–H and O–H groups in total. The van der Waals surface area contributed by atoms with Gasteiger partial charge in [-0.3, -0.25) is 14.5 Å². The Labute approximate surface area is 182 Å². The van der Waals surface area contributed by atoms with Gasteiger partial charge in [-0.05, 0) is 67.6 Å². The maximum absolute atomic E-state index is 13.3. The highest BCUT2D eigenvalue weighted by Crippen LogP contribution is 2.42. The third-order valence-corrected chi connectivity index (χ3v) is 5.97. The van der Waals surface area contributed by atoms with Gasteiger partial charge in [0, 0.05) is 11.3 Å². The fraction of sp³-hybridized carbons (Fsp3) is 0.0909. The van der Waals surface area contributed by atoms with Crippen molar-refractivity contribution in [3.05, 3.63) is 89.1 Å². The summed E-state index contributed by atoms with van der Waals surface area (Å²) in [5.74, 6) is -2.23. The van der Waals surface area contributed by atoms with Crippen LogP contribution in [0.15, 0.2) is 75.5 Å². The molecule has 10 heteroatoms. The van der Waals surface area contributed by atoms with Crippen molar-refractivity contribution in [1.82, 2.24) is 0 Å². The van der Waals surface area contributed by atoms with E-state index in [1.165, 1.54) is 36.4 Å². The Morgan fingerprint density at radius 3 is 2.19 bits per heavy atom. The smallest absolute Gasteiger partial charge is 0.300 e. The molecular formula is C22H17FN2O6S. The SMILES string of the molecule is Cc1ccc(C2/C(=C(/O)c3ccc(F)cc3)C(=O)C(=O)N2c2ccc(S(N)(=O)=O)cc2)o1. The zero-order valence-electron chi connectivity index (χ0n) is 16.7. The maximum atomic E-state index is 13.3. The zero-order valence-corrected chi connectivity index (χ0v) is 17.5. The number of furan rings is 1. The van der Waals surface area contributed by atoms with Crippen LogP contribution in [0.5, 0.6) is 0 Å². The Morgan fingerprint density at radius 1 is 1.03 bits per heavy atom. The number of primary sulfonamides is 1. The number of anilines is 1. The molecule has 2 heterocycles. The van der Waals surface area contributed by atoms with Gasteiger partial charge < -0.3 is 9.52 Å². The van der Waals surface area contributed by atoms with Crippen molar-refractivity contribution in [3.63, 3.8) is 0 Å². The second-order valence-corrected chi connectivity index (χ2v) is 8.72. The van der Waals surface area contributed by atoms with Crippen molar-refractivity contribution in [2.75, 3.05) is 4.90 Å². The molecule has 0 spiro atoms. The van der Waals surface area contributed by atoms with E-state index in [0.29, 0.717) is 5.76 Å². The Hall–Kier alpha value is -3.76. The summed E-state index contributed by atoms with van der Waals surface area (Å²) in [6, 6.07) is 11.9. The standard InChI is InChI=1S/C22H17FN2O6S/c1-12-2-11-17(31-12)19-18(20(26)13-3-5-14(23)6-4-13)21(27)22(28)25(19)15-7-9-16(10-8-15)32(24,29)30/h2-11,19,26H,1H3,(H2,24,29,30)/b20-18-. The van der Waals surface area contributed by atoms with Gasteiger partial charge in [0.1, 0.15) is 29.1 Å². The summed E-state index contributed by atoms with van der Waals surface area (Å²) in [5.41, 5.74) is 0.0884. The number of aliphatic hydroxyl groups is 1. The van der Waals surface area contributed by atoms with Crippen LogP contribution in [0.4, 0.5) is 10.1 Å². The number of hydrogen-bond acceptors (Lipinski definition) is 6. The number of aliphatic hydroxyl groups excluding tert-OH is 1. The van der Waals surface area contributed by atoms with Crippen LogP contribution < -0.4 is 10.0 Å². The molecule has 1 aromatic heterocycles. The first-order valence-electron chi connectivity index (χ1n) is 9.34. The van der Waals surface area contributed by atoms with E-state index < -0.39 is 39.3 Å². The lowest BCUT2D eigenvalue weighted by Gasteiger charge is -2.23. The number of benzene rings is 2. The lowest BCUT2D eigenvalue weighted by atomic mass is 9.99. The highest BCUT2D eigenvalue weighted by atomic mass is 32.2. The maximum Gasteiger partial charge on any atom is 0.300 e. The van der Waals surface area contributed by atoms with Gasteiger partial charge in [0.05, 0.1) is 10.5 Å². The molecule has 0 bridgehead atoms. The number of ketones is 1. The number of nitrogens with zero attached hydrogens (tertiary/aromatic N) is 1. The van der Waals surface area contributed by atoms with Gasteiger partial charge in [-0.2, -0.15) is 0 Å². The van der Waals surface area contributed by atoms with Crippen molar-refractivity contribution < 1.29 is 31.9 Å². The molecule has 2 aromatic carbocycles. The molecule has 1 atom stereocenters. The average Bonchev–Trinajstić information content (AvgIpc) is 3.28. The fourth-order valence-electron chi connectivity index (χ4n) is 3.53. The van der Waals surface area contributed by atoms with E-state index in [4.69, 9.17) is 9.56 Å². The molecule has 0 radical (unpaired) electrons. The number of carbonyl (C=O) groups is 2.